The predicted octanol–water partition coefficient (Wildman–Crippen LogP) is 3.28. The maximum Gasteiger partial charge on any atom is 0.254 e. The average Bonchev–Trinajstić information content (AvgIpc) is 3.17. The second kappa shape index (κ2) is 7.80. The van der Waals surface area contributed by atoms with Crippen molar-refractivity contribution < 1.29 is 17.9 Å². The van der Waals surface area contributed by atoms with Gasteiger partial charge in [-0.05, 0) is 55.5 Å². The summed E-state index contributed by atoms with van der Waals surface area (Å²) in [6.07, 6.45) is 0.490. The van der Waals surface area contributed by atoms with Crippen LogP contribution in [0.15, 0.2) is 35.7 Å². The van der Waals surface area contributed by atoms with Crippen LogP contribution >= 0.6 is 11.3 Å². The van der Waals surface area contributed by atoms with E-state index in [9.17, 15) is 13.2 Å². The van der Waals surface area contributed by atoms with Gasteiger partial charge in [-0.1, -0.05) is 6.07 Å². The number of rotatable bonds is 6. The van der Waals surface area contributed by atoms with E-state index in [1.54, 1.807) is 34.4 Å². The van der Waals surface area contributed by atoms with Crippen LogP contribution in [0, 0.1) is 6.92 Å². The highest BCUT2D eigenvalue weighted by molar-refractivity contribution is 7.91. The van der Waals surface area contributed by atoms with Crippen molar-refractivity contribution in [2.75, 3.05) is 18.1 Å². The molecule has 1 aliphatic rings. The molecule has 1 aromatic carbocycles. The Morgan fingerprint density at radius 1 is 1.35 bits per heavy atom. The van der Waals surface area contributed by atoms with Gasteiger partial charge in [-0.3, -0.25) is 4.79 Å². The summed E-state index contributed by atoms with van der Waals surface area (Å²) in [6, 6.07) is 8.81. The van der Waals surface area contributed by atoms with Gasteiger partial charge in [0.25, 0.3) is 5.91 Å². The van der Waals surface area contributed by atoms with E-state index in [0.29, 0.717) is 30.9 Å². The number of hydrogen-bond donors (Lipinski definition) is 0. The number of carbonyl (C=O) groups excluding carboxylic acids is 1. The van der Waals surface area contributed by atoms with Crippen LogP contribution in [0.3, 0.4) is 0 Å². The zero-order chi connectivity index (χ0) is 18.7. The van der Waals surface area contributed by atoms with Gasteiger partial charge in [0.05, 0.1) is 24.7 Å². The number of sulfone groups is 1. The van der Waals surface area contributed by atoms with E-state index in [0.717, 1.165) is 10.4 Å². The first kappa shape index (κ1) is 18.9. The lowest BCUT2D eigenvalue weighted by atomic mass is 10.1. The van der Waals surface area contributed by atoms with Gasteiger partial charge in [0.15, 0.2) is 9.84 Å². The lowest BCUT2D eigenvalue weighted by Crippen LogP contribution is -2.40. The second-order valence-corrected chi connectivity index (χ2v) is 9.71. The molecule has 7 heteroatoms. The van der Waals surface area contributed by atoms with Gasteiger partial charge in [-0.15, -0.1) is 11.3 Å². The van der Waals surface area contributed by atoms with E-state index >= 15 is 0 Å². The summed E-state index contributed by atoms with van der Waals surface area (Å²) in [5.41, 5.74) is 1.64. The summed E-state index contributed by atoms with van der Waals surface area (Å²) >= 11 is 1.59. The van der Waals surface area contributed by atoms with E-state index in [1.807, 2.05) is 31.4 Å². The third-order valence-electron chi connectivity index (χ3n) is 4.58. The van der Waals surface area contributed by atoms with Crippen molar-refractivity contribution >= 4 is 27.1 Å². The van der Waals surface area contributed by atoms with Gasteiger partial charge in [-0.2, -0.15) is 0 Å². The average molecular weight is 394 g/mol. The minimum Gasteiger partial charge on any atom is -0.494 e. The Labute approximate surface area is 158 Å². The molecule has 26 heavy (non-hydrogen) atoms. The minimum atomic E-state index is -3.08. The van der Waals surface area contributed by atoms with Gasteiger partial charge in [0.1, 0.15) is 5.75 Å². The van der Waals surface area contributed by atoms with Crippen molar-refractivity contribution in [2.45, 2.75) is 32.9 Å². The number of benzene rings is 1. The number of thiophene rings is 1. The normalized spacial score (nSPS) is 18.6. The Hall–Kier alpha value is -1.86. The molecule has 1 aliphatic heterocycles. The SMILES string of the molecule is CCOc1cccc(C(=O)N(Cc2sccc2C)[C@H]2CCS(=O)(=O)C2)c1. The largest absolute Gasteiger partial charge is 0.494 e. The molecule has 1 atom stereocenters. The first-order valence-corrected chi connectivity index (χ1v) is 11.4. The lowest BCUT2D eigenvalue weighted by Gasteiger charge is -2.28. The third-order valence-corrected chi connectivity index (χ3v) is 7.34. The first-order chi connectivity index (χ1) is 12.4. The summed E-state index contributed by atoms with van der Waals surface area (Å²) in [5, 5.41) is 1.99. The fourth-order valence-corrected chi connectivity index (χ4v) is 5.79. The maximum absolute atomic E-state index is 13.2. The Kier molecular flexibility index (Phi) is 5.67. The summed E-state index contributed by atoms with van der Waals surface area (Å²) in [6.45, 7) is 4.86. The smallest absolute Gasteiger partial charge is 0.254 e. The van der Waals surface area contributed by atoms with Crippen LogP contribution in [0.2, 0.25) is 0 Å². The Morgan fingerprint density at radius 2 is 2.15 bits per heavy atom. The molecule has 1 saturated heterocycles. The van der Waals surface area contributed by atoms with Crippen molar-refractivity contribution in [1.82, 2.24) is 4.90 Å². The summed E-state index contributed by atoms with van der Waals surface area (Å²) in [4.78, 5) is 16.0. The second-order valence-electron chi connectivity index (χ2n) is 6.48. The van der Waals surface area contributed by atoms with Crippen molar-refractivity contribution in [3.05, 3.63) is 51.7 Å². The van der Waals surface area contributed by atoms with Gasteiger partial charge < -0.3 is 9.64 Å². The molecule has 2 aromatic rings. The summed E-state index contributed by atoms with van der Waals surface area (Å²) < 4.78 is 29.4. The molecule has 2 heterocycles. The molecule has 1 fully saturated rings. The molecule has 0 spiro atoms. The molecule has 3 rings (SSSR count). The van der Waals surface area contributed by atoms with Crippen LogP contribution in [0.5, 0.6) is 5.75 Å². The molecule has 0 aliphatic carbocycles. The quantitative estimate of drug-likeness (QED) is 0.755. The van der Waals surface area contributed by atoms with E-state index < -0.39 is 9.84 Å². The van der Waals surface area contributed by atoms with E-state index in [1.165, 1.54) is 0 Å². The molecule has 0 radical (unpaired) electrons. The Balaban J connectivity index is 1.90. The van der Waals surface area contributed by atoms with Crippen LogP contribution < -0.4 is 4.74 Å². The fourth-order valence-electron chi connectivity index (χ4n) is 3.16. The van der Waals surface area contributed by atoms with Gasteiger partial charge in [0.2, 0.25) is 0 Å². The highest BCUT2D eigenvalue weighted by atomic mass is 32.2. The fraction of sp³-hybridized carbons (Fsp3) is 0.421. The van der Waals surface area contributed by atoms with Crippen molar-refractivity contribution in [2.24, 2.45) is 0 Å². The summed E-state index contributed by atoms with van der Waals surface area (Å²) in [5.74, 6) is 0.670. The number of hydrogen-bond acceptors (Lipinski definition) is 5. The molecule has 1 aromatic heterocycles. The van der Waals surface area contributed by atoms with E-state index in [2.05, 4.69) is 0 Å². The van der Waals surface area contributed by atoms with E-state index in [4.69, 9.17) is 4.74 Å². The van der Waals surface area contributed by atoms with Crippen LogP contribution in [-0.4, -0.2) is 43.4 Å². The predicted molar refractivity (Wildman–Crippen MR) is 104 cm³/mol. The van der Waals surface area contributed by atoms with Crippen LogP contribution in [0.4, 0.5) is 0 Å². The lowest BCUT2D eigenvalue weighted by molar-refractivity contribution is 0.0682. The zero-order valence-electron chi connectivity index (χ0n) is 15.0. The topological polar surface area (TPSA) is 63.7 Å². The standard InChI is InChI=1S/C19H23NO4S2/c1-3-24-17-6-4-5-15(11-17)19(21)20(12-18-14(2)7-9-25-18)16-8-10-26(22,23)13-16/h4-7,9,11,16H,3,8,10,12-13H2,1-2H3/t16-/m0/s1. The van der Waals surface area contributed by atoms with Crippen molar-refractivity contribution in [3.8, 4) is 5.75 Å². The van der Waals surface area contributed by atoms with Crippen molar-refractivity contribution in [1.29, 1.82) is 0 Å². The molecule has 5 nitrogen and oxygen atoms in total. The Bertz CT molecular complexity index is 888. The third kappa shape index (κ3) is 4.27. The zero-order valence-corrected chi connectivity index (χ0v) is 16.6. The van der Waals surface area contributed by atoms with Crippen molar-refractivity contribution in [3.63, 3.8) is 0 Å². The number of nitrogens with zero attached hydrogens (tertiary/aromatic N) is 1. The molecule has 0 N–H and O–H groups in total. The molecule has 0 bridgehead atoms. The Morgan fingerprint density at radius 3 is 2.77 bits per heavy atom. The number of aryl methyl sites for hydroxylation is 1. The van der Waals surface area contributed by atoms with Crippen LogP contribution in [0.25, 0.3) is 0 Å². The van der Waals surface area contributed by atoms with Gasteiger partial charge >= 0.3 is 0 Å². The number of ether oxygens (including phenoxy) is 1. The number of amides is 1. The van der Waals surface area contributed by atoms with E-state index in [-0.39, 0.29) is 23.5 Å². The first-order valence-electron chi connectivity index (χ1n) is 8.67. The van der Waals surface area contributed by atoms with Crippen LogP contribution in [0.1, 0.15) is 34.1 Å². The molecule has 0 unspecified atom stereocenters. The van der Waals surface area contributed by atoms with Gasteiger partial charge in [-0.25, -0.2) is 8.42 Å². The molecular formula is C19H23NO4S2. The molecule has 0 saturated carbocycles. The van der Waals surface area contributed by atoms with Gasteiger partial charge in [0, 0.05) is 16.5 Å². The summed E-state index contributed by atoms with van der Waals surface area (Å²) in [7, 11) is -3.08. The molecule has 140 valence electrons. The minimum absolute atomic E-state index is 0.0360. The highest BCUT2D eigenvalue weighted by Crippen LogP contribution is 2.26. The highest BCUT2D eigenvalue weighted by Gasteiger charge is 2.35. The number of carbonyl (C=O) groups is 1. The van der Waals surface area contributed by atoms with Crippen LogP contribution in [-0.2, 0) is 16.4 Å². The molecule has 1 amide bonds. The monoisotopic (exact) mass is 393 g/mol. The maximum atomic E-state index is 13.2. The molecular weight excluding hydrogens is 370 g/mol.